The van der Waals surface area contributed by atoms with E-state index in [1.54, 1.807) is 7.11 Å². The topological polar surface area (TPSA) is 27.1 Å². The number of hydrogen-bond donors (Lipinski definition) is 0. The summed E-state index contributed by atoms with van der Waals surface area (Å²) in [4.78, 5) is 4.78. The third kappa shape index (κ3) is 2.51. The van der Waals surface area contributed by atoms with Crippen molar-refractivity contribution in [2.45, 2.75) is 44.6 Å². The summed E-state index contributed by atoms with van der Waals surface area (Å²) < 4.78 is 7.73. The van der Waals surface area contributed by atoms with E-state index < -0.39 is 0 Å². The summed E-state index contributed by atoms with van der Waals surface area (Å²) in [5.74, 6) is 2.60. The molecule has 1 saturated carbocycles. The van der Waals surface area contributed by atoms with E-state index in [0.717, 1.165) is 23.5 Å². The fourth-order valence-electron chi connectivity index (χ4n) is 3.26. The average molecular weight is 293 g/mol. The lowest BCUT2D eigenvalue weighted by Crippen LogP contribution is -2.15. The molecular formula is C16H21ClN2O. The second kappa shape index (κ2) is 6.04. The van der Waals surface area contributed by atoms with Gasteiger partial charge < -0.3 is 9.30 Å². The van der Waals surface area contributed by atoms with Gasteiger partial charge in [0, 0.05) is 24.4 Å². The van der Waals surface area contributed by atoms with E-state index >= 15 is 0 Å². The first-order valence-corrected chi connectivity index (χ1v) is 7.97. The van der Waals surface area contributed by atoms with E-state index in [4.69, 9.17) is 21.3 Å². The standard InChI is InChI=1S/C16H21ClN2O/c1-20-13-7-8-15-14(11-13)18-16(9-10-17)19(15)12-5-3-2-4-6-12/h7-8,11-12H,2-6,9-10H2,1H3. The smallest absolute Gasteiger partial charge is 0.121 e. The van der Waals surface area contributed by atoms with Gasteiger partial charge in [-0.1, -0.05) is 19.3 Å². The van der Waals surface area contributed by atoms with E-state index in [1.165, 1.54) is 37.6 Å². The number of imidazole rings is 1. The molecule has 0 atom stereocenters. The Labute approximate surface area is 124 Å². The molecule has 1 heterocycles. The molecule has 1 fully saturated rings. The van der Waals surface area contributed by atoms with Gasteiger partial charge in [-0.3, -0.25) is 0 Å². The number of halogens is 1. The Morgan fingerprint density at radius 1 is 1.30 bits per heavy atom. The number of hydrogen-bond acceptors (Lipinski definition) is 2. The molecule has 0 amide bonds. The summed E-state index contributed by atoms with van der Waals surface area (Å²) in [6, 6.07) is 6.76. The van der Waals surface area contributed by atoms with Crippen LogP contribution >= 0.6 is 11.6 Å². The zero-order valence-corrected chi connectivity index (χ0v) is 12.7. The summed E-state index contributed by atoms with van der Waals surface area (Å²) in [7, 11) is 1.69. The Bertz CT molecular complexity index is 587. The van der Waals surface area contributed by atoms with Crippen LogP contribution < -0.4 is 4.74 Å². The van der Waals surface area contributed by atoms with Crippen molar-refractivity contribution in [1.82, 2.24) is 9.55 Å². The highest BCUT2D eigenvalue weighted by Crippen LogP contribution is 2.33. The summed E-state index contributed by atoms with van der Waals surface area (Å²) in [6.45, 7) is 0. The summed E-state index contributed by atoms with van der Waals surface area (Å²) in [5, 5.41) is 0. The Kier molecular flexibility index (Phi) is 4.16. The number of ether oxygens (including phenoxy) is 1. The van der Waals surface area contributed by atoms with Crippen LogP contribution in [0.2, 0.25) is 0 Å². The van der Waals surface area contributed by atoms with Crippen molar-refractivity contribution in [2.75, 3.05) is 13.0 Å². The molecular weight excluding hydrogens is 272 g/mol. The minimum Gasteiger partial charge on any atom is -0.497 e. The van der Waals surface area contributed by atoms with Crippen LogP contribution in [0.15, 0.2) is 18.2 Å². The Morgan fingerprint density at radius 2 is 2.10 bits per heavy atom. The van der Waals surface area contributed by atoms with Crippen LogP contribution in [-0.2, 0) is 6.42 Å². The first-order chi connectivity index (χ1) is 9.83. The van der Waals surface area contributed by atoms with Gasteiger partial charge in [-0.05, 0) is 25.0 Å². The van der Waals surface area contributed by atoms with Gasteiger partial charge in [0.1, 0.15) is 11.6 Å². The number of fused-ring (bicyclic) bond motifs is 1. The number of benzene rings is 1. The van der Waals surface area contributed by atoms with E-state index in [9.17, 15) is 0 Å². The zero-order chi connectivity index (χ0) is 13.9. The van der Waals surface area contributed by atoms with Crippen molar-refractivity contribution in [3.05, 3.63) is 24.0 Å². The van der Waals surface area contributed by atoms with Gasteiger partial charge in [-0.15, -0.1) is 11.6 Å². The van der Waals surface area contributed by atoms with E-state index in [0.29, 0.717) is 11.9 Å². The molecule has 4 heteroatoms. The Hall–Kier alpha value is -1.22. The lowest BCUT2D eigenvalue weighted by Gasteiger charge is -2.25. The van der Waals surface area contributed by atoms with E-state index in [-0.39, 0.29) is 0 Å². The van der Waals surface area contributed by atoms with Crippen molar-refractivity contribution in [1.29, 1.82) is 0 Å². The van der Waals surface area contributed by atoms with Gasteiger partial charge in [0.05, 0.1) is 18.1 Å². The fraction of sp³-hybridized carbons (Fsp3) is 0.562. The largest absolute Gasteiger partial charge is 0.497 e. The van der Waals surface area contributed by atoms with Crippen LogP contribution in [-0.4, -0.2) is 22.5 Å². The predicted molar refractivity (Wildman–Crippen MR) is 82.8 cm³/mol. The maximum absolute atomic E-state index is 5.96. The molecule has 1 aliphatic carbocycles. The molecule has 0 unspecified atom stereocenters. The number of aromatic nitrogens is 2. The third-order valence-electron chi connectivity index (χ3n) is 4.23. The number of nitrogens with zero attached hydrogens (tertiary/aromatic N) is 2. The van der Waals surface area contributed by atoms with Crippen LogP contribution in [0.1, 0.15) is 44.0 Å². The molecule has 2 aromatic rings. The molecule has 20 heavy (non-hydrogen) atoms. The maximum atomic E-state index is 5.96. The monoisotopic (exact) mass is 292 g/mol. The summed E-state index contributed by atoms with van der Waals surface area (Å²) in [5.41, 5.74) is 2.24. The number of rotatable bonds is 4. The van der Waals surface area contributed by atoms with Gasteiger partial charge in [0.15, 0.2) is 0 Å². The highest BCUT2D eigenvalue weighted by atomic mass is 35.5. The summed E-state index contributed by atoms with van der Waals surface area (Å²) >= 11 is 5.96. The molecule has 0 saturated heterocycles. The van der Waals surface area contributed by atoms with Gasteiger partial charge >= 0.3 is 0 Å². The molecule has 0 spiro atoms. The van der Waals surface area contributed by atoms with Gasteiger partial charge in [0.2, 0.25) is 0 Å². The molecule has 3 rings (SSSR count). The third-order valence-corrected chi connectivity index (χ3v) is 4.42. The zero-order valence-electron chi connectivity index (χ0n) is 11.9. The van der Waals surface area contributed by atoms with Crippen molar-refractivity contribution in [3.63, 3.8) is 0 Å². The van der Waals surface area contributed by atoms with Crippen LogP contribution in [0.4, 0.5) is 0 Å². The minimum absolute atomic E-state index is 0.584. The second-order valence-corrected chi connectivity index (χ2v) is 5.86. The SMILES string of the molecule is COc1ccc2c(c1)nc(CCCl)n2C1CCCCC1. The van der Waals surface area contributed by atoms with Gasteiger partial charge in [0.25, 0.3) is 0 Å². The fourth-order valence-corrected chi connectivity index (χ4v) is 3.43. The molecule has 108 valence electrons. The second-order valence-electron chi connectivity index (χ2n) is 5.48. The van der Waals surface area contributed by atoms with Crippen molar-refractivity contribution in [2.24, 2.45) is 0 Å². The van der Waals surface area contributed by atoms with Crippen LogP contribution in [0, 0.1) is 0 Å². The molecule has 3 nitrogen and oxygen atoms in total. The molecule has 1 aliphatic rings. The molecule has 0 N–H and O–H groups in total. The molecule has 0 bridgehead atoms. The van der Waals surface area contributed by atoms with Gasteiger partial charge in [-0.25, -0.2) is 4.98 Å². The van der Waals surface area contributed by atoms with Crippen molar-refractivity contribution in [3.8, 4) is 5.75 Å². The van der Waals surface area contributed by atoms with Crippen LogP contribution in [0.3, 0.4) is 0 Å². The van der Waals surface area contributed by atoms with E-state index in [2.05, 4.69) is 10.6 Å². The Morgan fingerprint density at radius 3 is 2.80 bits per heavy atom. The average Bonchev–Trinajstić information content (AvgIpc) is 2.85. The summed E-state index contributed by atoms with van der Waals surface area (Å²) in [6.07, 6.45) is 7.35. The molecule has 0 radical (unpaired) electrons. The molecule has 1 aromatic heterocycles. The lowest BCUT2D eigenvalue weighted by molar-refractivity contribution is 0.353. The number of alkyl halides is 1. The van der Waals surface area contributed by atoms with Gasteiger partial charge in [-0.2, -0.15) is 0 Å². The van der Waals surface area contributed by atoms with Crippen LogP contribution in [0.5, 0.6) is 5.75 Å². The molecule has 1 aromatic carbocycles. The minimum atomic E-state index is 0.584. The quantitative estimate of drug-likeness (QED) is 0.784. The normalized spacial score (nSPS) is 16.7. The highest BCUT2D eigenvalue weighted by Gasteiger charge is 2.21. The predicted octanol–water partition coefficient (Wildman–Crippen LogP) is 4.33. The van der Waals surface area contributed by atoms with Crippen LogP contribution in [0.25, 0.3) is 11.0 Å². The Balaban J connectivity index is 2.08. The number of aryl methyl sites for hydroxylation is 1. The molecule has 0 aliphatic heterocycles. The first kappa shape index (κ1) is 13.7. The highest BCUT2D eigenvalue weighted by molar-refractivity contribution is 6.17. The maximum Gasteiger partial charge on any atom is 0.121 e. The number of methoxy groups -OCH3 is 1. The van der Waals surface area contributed by atoms with Crippen molar-refractivity contribution >= 4 is 22.6 Å². The van der Waals surface area contributed by atoms with E-state index in [1.807, 2.05) is 12.1 Å². The van der Waals surface area contributed by atoms with Crippen molar-refractivity contribution < 1.29 is 4.74 Å². The lowest BCUT2D eigenvalue weighted by atomic mass is 9.95. The first-order valence-electron chi connectivity index (χ1n) is 7.44.